The highest BCUT2D eigenvalue weighted by molar-refractivity contribution is 5.74. The minimum Gasteiger partial charge on any atom is -0.396 e. The van der Waals surface area contributed by atoms with E-state index < -0.39 is 0 Å². The van der Waals surface area contributed by atoms with Crippen molar-refractivity contribution in [1.29, 1.82) is 0 Å². The third-order valence-electron chi connectivity index (χ3n) is 2.24. The molecule has 0 aliphatic carbocycles. The molecule has 1 aromatic carbocycles. The average molecular weight is 191 g/mol. The maximum atomic E-state index is 9.04. The minimum absolute atomic E-state index is 0.0907. The van der Waals surface area contributed by atoms with Gasteiger partial charge in [0.05, 0.1) is 0 Å². The number of fused-ring (bicyclic) bond motifs is 1. The smallest absolute Gasteiger partial charge is 0.117 e. The average Bonchev–Trinajstić information content (AvgIpc) is 2.41. The molecule has 0 fully saturated rings. The summed E-state index contributed by atoms with van der Waals surface area (Å²) < 4.78 is 0. The van der Waals surface area contributed by atoms with E-state index in [2.05, 4.69) is 31.0 Å². The second-order valence-corrected chi connectivity index (χ2v) is 4.42. The highest BCUT2D eigenvalue weighted by Crippen LogP contribution is 2.24. The molecule has 1 heterocycles. The van der Waals surface area contributed by atoms with Crippen LogP contribution in [0.15, 0.2) is 18.2 Å². The van der Waals surface area contributed by atoms with Gasteiger partial charge in [-0.3, -0.25) is 0 Å². The van der Waals surface area contributed by atoms with Gasteiger partial charge < -0.3 is 5.21 Å². The second kappa shape index (κ2) is 2.70. The van der Waals surface area contributed by atoms with E-state index in [4.69, 9.17) is 5.21 Å². The Kier molecular flexibility index (Phi) is 1.74. The molecule has 2 rings (SSSR count). The van der Waals surface area contributed by atoms with Crippen molar-refractivity contribution in [3.8, 4) is 0 Å². The predicted molar refractivity (Wildman–Crippen MR) is 53.4 cm³/mol. The van der Waals surface area contributed by atoms with Gasteiger partial charge in [-0.2, -0.15) is 0 Å². The Morgan fingerprint density at radius 2 is 1.79 bits per heavy atom. The lowest BCUT2D eigenvalue weighted by Gasteiger charge is -2.18. The maximum Gasteiger partial charge on any atom is 0.117 e. The van der Waals surface area contributed by atoms with Crippen LogP contribution in [0.25, 0.3) is 11.0 Å². The van der Waals surface area contributed by atoms with Gasteiger partial charge in [0.15, 0.2) is 0 Å². The Labute approximate surface area is 82.1 Å². The summed E-state index contributed by atoms with van der Waals surface area (Å²) in [6, 6.07) is 5.84. The van der Waals surface area contributed by atoms with Crippen molar-refractivity contribution in [2.45, 2.75) is 26.2 Å². The zero-order chi connectivity index (χ0) is 10.3. The summed E-state index contributed by atoms with van der Waals surface area (Å²) in [6.07, 6.45) is 0. The van der Waals surface area contributed by atoms with Crippen molar-refractivity contribution in [3.05, 3.63) is 23.8 Å². The molecule has 0 aliphatic rings. The van der Waals surface area contributed by atoms with Crippen molar-refractivity contribution in [3.63, 3.8) is 0 Å². The standard InChI is InChI=1S/C10H13N3O/c1-10(2,3)7-4-5-8-9(6-7)12-13(14)11-8/h4-6,14H,1-3H3. The summed E-state index contributed by atoms with van der Waals surface area (Å²) in [5.74, 6) is 0. The lowest BCUT2D eigenvalue weighted by molar-refractivity contribution is 0.113. The number of benzene rings is 1. The molecule has 0 atom stereocenters. The number of rotatable bonds is 0. The fraction of sp³-hybridized carbons (Fsp3) is 0.400. The van der Waals surface area contributed by atoms with Crippen molar-refractivity contribution >= 4 is 11.0 Å². The zero-order valence-corrected chi connectivity index (χ0v) is 8.52. The molecule has 1 N–H and O–H groups in total. The van der Waals surface area contributed by atoms with Gasteiger partial charge in [-0.15, -0.1) is 10.2 Å². The number of nitrogens with zero attached hydrogens (tertiary/aromatic N) is 3. The lowest BCUT2D eigenvalue weighted by Crippen LogP contribution is -2.10. The van der Waals surface area contributed by atoms with E-state index in [0.29, 0.717) is 10.5 Å². The van der Waals surface area contributed by atoms with E-state index in [1.807, 2.05) is 18.2 Å². The normalized spacial score (nSPS) is 12.2. The molecule has 74 valence electrons. The fourth-order valence-electron chi connectivity index (χ4n) is 1.37. The Morgan fingerprint density at radius 1 is 1.14 bits per heavy atom. The Bertz CT molecular complexity index is 468. The number of hydrogen-bond acceptors (Lipinski definition) is 3. The van der Waals surface area contributed by atoms with Gasteiger partial charge in [0.1, 0.15) is 11.0 Å². The summed E-state index contributed by atoms with van der Waals surface area (Å²) in [6.45, 7) is 6.41. The van der Waals surface area contributed by atoms with Crippen LogP contribution in [0.3, 0.4) is 0 Å². The maximum absolute atomic E-state index is 9.04. The third-order valence-corrected chi connectivity index (χ3v) is 2.24. The molecule has 0 aliphatic heterocycles. The van der Waals surface area contributed by atoms with E-state index >= 15 is 0 Å². The van der Waals surface area contributed by atoms with Crippen LogP contribution in [-0.2, 0) is 5.41 Å². The molecular formula is C10H13N3O. The van der Waals surface area contributed by atoms with Crippen LogP contribution in [0.4, 0.5) is 0 Å². The lowest BCUT2D eigenvalue weighted by atomic mass is 9.87. The van der Waals surface area contributed by atoms with Crippen molar-refractivity contribution in [1.82, 2.24) is 15.2 Å². The van der Waals surface area contributed by atoms with E-state index in [1.165, 1.54) is 5.56 Å². The Balaban J connectivity index is 2.62. The van der Waals surface area contributed by atoms with Crippen LogP contribution in [0.5, 0.6) is 0 Å². The SMILES string of the molecule is CC(C)(C)c1ccc2nn(O)nc2c1. The van der Waals surface area contributed by atoms with Gasteiger partial charge in [0.25, 0.3) is 0 Å². The van der Waals surface area contributed by atoms with Gasteiger partial charge in [-0.25, -0.2) is 0 Å². The monoisotopic (exact) mass is 191 g/mol. The molecule has 0 amide bonds. The van der Waals surface area contributed by atoms with Gasteiger partial charge in [-0.05, 0) is 28.1 Å². The molecule has 0 unspecified atom stereocenters. The second-order valence-electron chi connectivity index (χ2n) is 4.42. The summed E-state index contributed by atoms with van der Waals surface area (Å²) in [5, 5.41) is 16.7. The molecule has 0 saturated heterocycles. The van der Waals surface area contributed by atoms with E-state index in [9.17, 15) is 0 Å². The van der Waals surface area contributed by atoms with Crippen LogP contribution >= 0.6 is 0 Å². The summed E-state index contributed by atoms with van der Waals surface area (Å²) in [5.41, 5.74) is 2.71. The topological polar surface area (TPSA) is 50.9 Å². The molecule has 4 nitrogen and oxygen atoms in total. The largest absolute Gasteiger partial charge is 0.396 e. The summed E-state index contributed by atoms with van der Waals surface area (Å²) >= 11 is 0. The van der Waals surface area contributed by atoms with Crippen molar-refractivity contribution in [2.24, 2.45) is 0 Å². The highest BCUT2D eigenvalue weighted by atomic mass is 16.5. The van der Waals surface area contributed by atoms with Gasteiger partial charge in [-0.1, -0.05) is 26.8 Å². The first-order chi connectivity index (χ1) is 6.47. The van der Waals surface area contributed by atoms with Crippen molar-refractivity contribution < 1.29 is 5.21 Å². The van der Waals surface area contributed by atoms with Crippen molar-refractivity contribution in [2.75, 3.05) is 0 Å². The molecule has 14 heavy (non-hydrogen) atoms. The first kappa shape index (κ1) is 8.99. The predicted octanol–water partition coefficient (Wildman–Crippen LogP) is 1.97. The molecule has 2 aromatic rings. The number of hydrogen-bond donors (Lipinski definition) is 1. The summed E-state index contributed by atoms with van der Waals surface area (Å²) in [4.78, 5) is 0.608. The highest BCUT2D eigenvalue weighted by Gasteiger charge is 2.14. The molecule has 0 spiro atoms. The van der Waals surface area contributed by atoms with E-state index in [-0.39, 0.29) is 5.41 Å². The Hall–Kier alpha value is -1.58. The minimum atomic E-state index is 0.0907. The Morgan fingerprint density at radius 3 is 2.43 bits per heavy atom. The van der Waals surface area contributed by atoms with Gasteiger partial charge in [0, 0.05) is 0 Å². The van der Waals surface area contributed by atoms with E-state index in [1.54, 1.807) is 0 Å². The van der Waals surface area contributed by atoms with Crippen LogP contribution in [0, 0.1) is 0 Å². The molecule has 0 radical (unpaired) electrons. The first-order valence-corrected chi connectivity index (χ1v) is 4.54. The molecule has 0 saturated carbocycles. The van der Waals surface area contributed by atoms with Gasteiger partial charge in [0.2, 0.25) is 0 Å². The number of aromatic nitrogens is 3. The van der Waals surface area contributed by atoms with Gasteiger partial charge >= 0.3 is 0 Å². The van der Waals surface area contributed by atoms with Crippen LogP contribution in [0.1, 0.15) is 26.3 Å². The van der Waals surface area contributed by atoms with E-state index in [0.717, 1.165) is 5.52 Å². The summed E-state index contributed by atoms with van der Waals surface area (Å²) in [7, 11) is 0. The third kappa shape index (κ3) is 1.43. The molecule has 0 bridgehead atoms. The molecule has 1 aromatic heterocycles. The molecular weight excluding hydrogens is 178 g/mol. The van der Waals surface area contributed by atoms with Crippen LogP contribution in [0.2, 0.25) is 0 Å². The quantitative estimate of drug-likeness (QED) is 0.648. The first-order valence-electron chi connectivity index (χ1n) is 4.54. The molecule has 4 heteroatoms. The van der Waals surface area contributed by atoms with Crippen LogP contribution in [-0.4, -0.2) is 20.4 Å². The van der Waals surface area contributed by atoms with Crippen LogP contribution < -0.4 is 0 Å². The zero-order valence-electron chi connectivity index (χ0n) is 8.52. The fourth-order valence-corrected chi connectivity index (χ4v) is 1.37.